The van der Waals surface area contributed by atoms with Crippen LogP contribution < -0.4 is 9.47 Å². The van der Waals surface area contributed by atoms with Gasteiger partial charge in [0.25, 0.3) is 0 Å². The van der Waals surface area contributed by atoms with Crippen molar-refractivity contribution in [1.29, 1.82) is 0 Å². The third-order valence-electron chi connectivity index (χ3n) is 2.23. The van der Waals surface area contributed by atoms with E-state index in [0.29, 0.717) is 0 Å². The van der Waals surface area contributed by atoms with Crippen LogP contribution in [-0.2, 0) is 4.74 Å². The van der Waals surface area contributed by atoms with Gasteiger partial charge < -0.3 is 18.6 Å². The number of esters is 1. The zero-order valence-electron chi connectivity index (χ0n) is 10.7. The van der Waals surface area contributed by atoms with Gasteiger partial charge in [0.1, 0.15) is 0 Å². The zero-order chi connectivity index (χ0) is 14.4. The second kappa shape index (κ2) is 6.42. The van der Waals surface area contributed by atoms with Crippen LogP contribution in [0.4, 0.5) is 4.79 Å². The molecule has 0 fully saturated rings. The number of benzene rings is 1. The lowest BCUT2D eigenvalue weighted by Crippen LogP contribution is -2.13. The molecule has 20 heavy (non-hydrogen) atoms. The highest BCUT2D eigenvalue weighted by Crippen LogP contribution is 2.27. The molecule has 6 nitrogen and oxygen atoms in total. The van der Waals surface area contributed by atoms with Crippen LogP contribution in [0, 0.1) is 0 Å². The van der Waals surface area contributed by atoms with Crippen LogP contribution in [0.2, 0.25) is 0 Å². The SMILES string of the molecule is CCOC(=O)Oc1ccccc1OC(=O)c1ccco1. The minimum atomic E-state index is -0.867. The van der Waals surface area contributed by atoms with Crippen molar-refractivity contribution < 1.29 is 28.2 Å². The number of carbonyl (C=O) groups excluding carboxylic acids is 2. The number of carbonyl (C=O) groups is 2. The average molecular weight is 276 g/mol. The number of furan rings is 1. The third kappa shape index (κ3) is 3.38. The number of hydrogen-bond acceptors (Lipinski definition) is 6. The minimum absolute atomic E-state index is 0.0518. The molecule has 0 saturated carbocycles. The molecule has 2 rings (SSSR count). The lowest BCUT2D eigenvalue weighted by molar-refractivity contribution is 0.0686. The highest BCUT2D eigenvalue weighted by molar-refractivity contribution is 5.88. The van der Waals surface area contributed by atoms with E-state index in [9.17, 15) is 9.59 Å². The summed E-state index contributed by atoms with van der Waals surface area (Å²) >= 11 is 0. The summed E-state index contributed by atoms with van der Waals surface area (Å²) in [6.07, 6.45) is 0.492. The summed E-state index contributed by atoms with van der Waals surface area (Å²) in [5.74, 6) is -0.446. The van der Waals surface area contributed by atoms with Crippen LogP contribution in [0.5, 0.6) is 11.5 Å². The number of hydrogen-bond donors (Lipinski definition) is 0. The molecule has 0 aliphatic heterocycles. The van der Waals surface area contributed by atoms with Crippen LogP contribution in [0.3, 0.4) is 0 Å². The van der Waals surface area contributed by atoms with Crippen molar-refractivity contribution in [3.8, 4) is 11.5 Å². The molecule has 0 saturated heterocycles. The molecule has 0 bridgehead atoms. The van der Waals surface area contributed by atoms with Crippen molar-refractivity contribution in [3.05, 3.63) is 48.4 Å². The largest absolute Gasteiger partial charge is 0.513 e. The Morgan fingerprint density at radius 1 is 1.05 bits per heavy atom. The van der Waals surface area contributed by atoms with Gasteiger partial charge in [-0.3, -0.25) is 0 Å². The van der Waals surface area contributed by atoms with Crippen LogP contribution in [-0.4, -0.2) is 18.7 Å². The summed E-state index contributed by atoms with van der Waals surface area (Å²) in [6.45, 7) is 1.84. The van der Waals surface area contributed by atoms with Crippen LogP contribution in [0.15, 0.2) is 47.1 Å². The Kier molecular flexibility index (Phi) is 4.39. The van der Waals surface area contributed by atoms with Crippen LogP contribution >= 0.6 is 0 Å². The third-order valence-corrected chi connectivity index (χ3v) is 2.23. The standard InChI is InChI=1S/C14H12O6/c1-2-17-14(16)20-11-7-4-3-6-10(11)19-13(15)12-8-5-9-18-12/h3-9H,2H2,1H3. The Morgan fingerprint density at radius 3 is 2.35 bits per heavy atom. The number of ether oxygens (including phenoxy) is 3. The quantitative estimate of drug-likeness (QED) is 0.485. The van der Waals surface area contributed by atoms with E-state index in [1.165, 1.54) is 24.5 Å². The van der Waals surface area contributed by atoms with Gasteiger partial charge in [0.05, 0.1) is 12.9 Å². The average Bonchev–Trinajstić information content (AvgIpc) is 2.95. The molecule has 104 valence electrons. The smallest absolute Gasteiger partial charge is 0.457 e. The lowest BCUT2D eigenvalue weighted by Gasteiger charge is -2.09. The summed E-state index contributed by atoms with van der Waals surface area (Å²) in [6, 6.07) is 9.30. The maximum absolute atomic E-state index is 11.8. The van der Waals surface area contributed by atoms with E-state index in [-0.39, 0.29) is 23.9 Å². The molecule has 2 aromatic rings. The highest BCUT2D eigenvalue weighted by atomic mass is 16.7. The summed E-state index contributed by atoms with van der Waals surface area (Å²) < 4.78 is 19.6. The van der Waals surface area contributed by atoms with Gasteiger partial charge in [-0.15, -0.1) is 0 Å². The topological polar surface area (TPSA) is 75.0 Å². The first kappa shape index (κ1) is 13.7. The normalized spacial score (nSPS) is 9.85. The molecule has 6 heteroatoms. The maximum Gasteiger partial charge on any atom is 0.513 e. The van der Waals surface area contributed by atoms with E-state index in [2.05, 4.69) is 4.74 Å². The van der Waals surface area contributed by atoms with Crippen molar-refractivity contribution in [3.63, 3.8) is 0 Å². The Labute approximate surface area is 114 Å². The fourth-order valence-corrected chi connectivity index (χ4v) is 1.40. The van der Waals surface area contributed by atoms with Gasteiger partial charge in [-0.05, 0) is 31.2 Å². The molecule has 0 aliphatic rings. The van der Waals surface area contributed by atoms with E-state index >= 15 is 0 Å². The van der Waals surface area contributed by atoms with E-state index < -0.39 is 12.1 Å². The highest BCUT2D eigenvalue weighted by Gasteiger charge is 2.16. The van der Waals surface area contributed by atoms with Gasteiger partial charge in [-0.2, -0.15) is 0 Å². The van der Waals surface area contributed by atoms with Crippen molar-refractivity contribution in [2.45, 2.75) is 6.92 Å². The lowest BCUT2D eigenvalue weighted by atomic mass is 10.3. The summed E-state index contributed by atoms with van der Waals surface area (Å²) in [5.41, 5.74) is 0. The Balaban J connectivity index is 2.11. The second-order valence-corrected chi connectivity index (χ2v) is 3.60. The summed E-state index contributed by atoms with van der Waals surface area (Å²) in [4.78, 5) is 23.0. The van der Waals surface area contributed by atoms with Gasteiger partial charge in [0.2, 0.25) is 5.76 Å². The Morgan fingerprint density at radius 2 is 1.75 bits per heavy atom. The second-order valence-electron chi connectivity index (χ2n) is 3.60. The van der Waals surface area contributed by atoms with Crippen molar-refractivity contribution in [2.24, 2.45) is 0 Å². The summed E-state index contributed by atoms with van der Waals surface area (Å²) in [5, 5.41) is 0. The van der Waals surface area contributed by atoms with Gasteiger partial charge in [0, 0.05) is 0 Å². The first-order chi connectivity index (χ1) is 9.70. The molecule has 0 radical (unpaired) electrons. The Hall–Kier alpha value is -2.76. The van der Waals surface area contributed by atoms with Crippen molar-refractivity contribution >= 4 is 12.1 Å². The summed E-state index contributed by atoms with van der Waals surface area (Å²) in [7, 11) is 0. The fourth-order valence-electron chi connectivity index (χ4n) is 1.40. The molecule has 0 aliphatic carbocycles. The van der Waals surface area contributed by atoms with Gasteiger partial charge in [-0.1, -0.05) is 12.1 Å². The molecule has 0 unspecified atom stereocenters. The van der Waals surface area contributed by atoms with Crippen LogP contribution in [0.25, 0.3) is 0 Å². The molecule has 1 heterocycles. The van der Waals surface area contributed by atoms with Crippen molar-refractivity contribution in [1.82, 2.24) is 0 Å². The van der Waals surface area contributed by atoms with Gasteiger partial charge in [0.15, 0.2) is 11.5 Å². The van der Waals surface area contributed by atoms with E-state index in [4.69, 9.17) is 13.9 Å². The minimum Gasteiger partial charge on any atom is -0.457 e. The predicted octanol–water partition coefficient (Wildman–Crippen LogP) is 3.03. The van der Waals surface area contributed by atoms with E-state index in [0.717, 1.165) is 0 Å². The monoisotopic (exact) mass is 276 g/mol. The van der Waals surface area contributed by atoms with E-state index in [1.54, 1.807) is 25.1 Å². The van der Waals surface area contributed by atoms with Crippen LogP contribution in [0.1, 0.15) is 17.5 Å². The molecule has 1 aromatic heterocycles. The number of para-hydroxylation sites is 2. The first-order valence-electron chi connectivity index (χ1n) is 5.90. The first-order valence-corrected chi connectivity index (χ1v) is 5.90. The molecular weight excluding hydrogens is 264 g/mol. The Bertz CT molecular complexity index is 587. The van der Waals surface area contributed by atoms with Crippen molar-refractivity contribution in [2.75, 3.05) is 6.61 Å². The molecule has 0 N–H and O–H groups in total. The van der Waals surface area contributed by atoms with Gasteiger partial charge >= 0.3 is 12.1 Å². The fraction of sp³-hybridized carbons (Fsp3) is 0.143. The van der Waals surface area contributed by atoms with Gasteiger partial charge in [-0.25, -0.2) is 9.59 Å². The molecule has 0 spiro atoms. The zero-order valence-corrected chi connectivity index (χ0v) is 10.7. The van der Waals surface area contributed by atoms with E-state index in [1.807, 2.05) is 0 Å². The molecule has 0 atom stereocenters. The molecule has 1 aromatic carbocycles. The number of rotatable bonds is 4. The predicted molar refractivity (Wildman–Crippen MR) is 67.8 cm³/mol. The maximum atomic E-state index is 11.8. The molecule has 0 amide bonds. The molecular formula is C14H12O6.